The lowest BCUT2D eigenvalue weighted by Gasteiger charge is -2.04. The van der Waals surface area contributed by atoms with Gasteiger partial charge in [-0.2, -0.15) is 5.10 Å². The number of hydrogen-bond donors (Lipinski definition) is 0. The van der Waals surface area contributed by atoms with Crippen molar-refractivity contribution in [1.29, 1.82) is 0 Å². The Kier molecular flexibility index (Phi) is 3.19. The molecule has 2 rings (SSSR count). The van der Waals surface area contributed by atoms with Crippen molar-refractivity contribution in [3.05, 3.63) is 33.6 Å². The van der Waals surface area contributed by atoms with Gasteiger partial charge in [-0.15, -0.1) is 0 Å². The molecule has 0 aliphatic rings. The molecule has 0 aliphatic carbocycles. The molecule has 0 N–H and O–H groups in total. The fraction of sp³-hybridized carbons (Fsp3) is 0.333. The number of ether oxygens (including phenoxy) is 1. The summed E-state index contributed by atoms with van der Waals surface area (Å²) in [6.07, 6.45) is 2.67. The van der Waals surface area contributed by atoms with Gasteiger partial charge < -0.3 is 4.74 Å². The Labute approximate surface area is 108 Å². The molecular weight excluding hydrogens is 284 g/mol. The van der Waals surface area contributed by atoms with Gasteiger partial charge in [-0.3, -0.25) is 0 Å². The maximum absolute atomic E-state index is 11.8. The van der Waals surface area contributed by atoms with E-state index in [0.29, 0.717) is 11.3 Å². The molecule has 5 heteroatoms. The SMILES string of the molecule is CCc1cc(Br)cn2nc(C)c(C(=O)OC)c12. The molecule has 0 aromatic carbocycles. The van der Waals surface area contributed by atoms with Crippen LogP contribution in [0.5, 0.6) is 0 Å². The van der Waals surface area contributed by atoms with E-state index >= 15 is 0 Å². The van der Waals surface area contributed by atoms with Crippen LogP contribution in [0.1, 0.15) is 28.5 Å². The second-order valence-electron chi connectivity index (χ2n) is 3.78. The number of aryl methyl sites for hydroxylation is 2. The van der Waals surface area contributed by atoms with E-state index < -0.39 is 0 Å². The van der Waals surface area contributed by atoms with Gasteiger partial charge >= 0.3 is 5.97 Å². The highest BCUT2D eigenvalue weighted by atomic mass is 79.9. The van der Waals surface area contributed by atoms with Crippen molar-refractivity contribution >= 4 is 27.4 Å². The van der Waals surface area contributed by atoms with E-state index in [1.54, 1.807) is 4.52 Å². The Morgan fingerprint density at radius 2 is 2.29 bits per heavy atom. The van der Waals surface area contributed by atoms with Crippen LogP contribution in [-0.4, -0.2) is 22.7 Å². The van der Waals surface area contributed by atoms with Gasteiger partial charge in [-0.1, -0.05) is 6.92 Å². The molecule has 0 unspecified atom stereocenters. The summed E-state index contributed by atoms with van der Waals surface area (Å²) >= 11 is 3.43. The van der Waals surface area contributed by atoms with Crippen molar-refractivity contribution in [2.45, 2.75) is 20.3 Å². The third-order valence-electron chi connectivity index (χ3n) is 2.72. The first kappa shape index (κ1) is 12.1. The molecule has 2 aromatic heterocycles. The lowest BCUT2D eigenvalue weighted by molar-refractivity contribution is 0.0602. The van der Waals surface area contributed by atoms with Crippen molar-refractivity contribution in [2.75, 3.05) is 7.11 Å². The van der Waals surface area contributed by atoms with Crippen molar-refractivity contribution in [3.63, 3.8) is 0 Å². The Morgan fingerprint density at radius 3 is 2.88 bits per heavy atom. The molecule has 0 spiro atoms. The molecule has 0 bridgehead atoms. The molecule has 0 saturated heterocycles. The first-order valence-electron chi connectivity index (χ1n) is 5.34. The van der Waals surface area contributed by atoms with E-state index in [1.165, 1.54) is 7.11 Å². The molecule has 4 nitrogen and oxygen atoms in total. The van der Waals surface area contributed by atoms with E-state index in [4.69, 9.17) is 4.74 Å². The summed E-state index contributed by atoms with van der Waals surface area (Å²) in [4.78, 5) is 11.8. The number of hydrogen-bond acceptors (Lipinski definition) is 3. The number of fused-ring (bicyclic) bond motifs is 1. The van der Waals surface area contributed by atoms with E-state index in [0.717, 1.165) is 22.0 Å². The minimum Gasteiger partial charge on any atom is -0.465 e. The van der Waals surface area contributed by atoms with E-state index in [-0.39, 0.29) is 5.97 Å². The third kappa shape index (κ3) is 1.95. The highest BCUT2D eigenvalue weighted by Gasteiger charge is 2.20. The minimum atomic E-state index is -0.338. The number of esters is 1. The topological polar surface area (TPSA) is 43.6 Å². The largest absolute Gasteiger partial charge is 0.465 e. The molecule has 0 atom stereocenters. The summed E-state index contributed by atoms with van der Waals surface area (Å²) in [5, 5.41) is 4.34. The van der Waals surface area contributed by atoms with Crippen molar-refractivity contribution in [2.24, 2.45) is 0 Å². The Bertz CT molecular complexity index is 590. The molecule has 0 radical (unpaired) electrons. The number of rotatable bonds is 2. The molecule has 2 aromatic rings. The first-order chi connectivity index (χ1) is 8.08. The van der Waals surface area contributed by atoms with Crippen LogP contribution >= 0.6 is 15.9 Å². The zero-order chi connectivity index (χ0) is 12.6. The predicted octanol–water partition coefficient (Wildman–Crippen LogP) is 2.75. The Balaban J connectivity index is 2.84. The van der Waals surface area contributed by atoms with Crippen molar-refractivity contribution < 1.29 is 9.53 Å². The number of halogens is 1. The van der Waals surface area contributed by atoms with Gasteiger partial charge in [-0.25, -0.2) is 9.31 Å². The number of aromatic nitrogens is 2. The van der Waals surface area contributed by atoms with Gasteiger partial charge in [0.15, 0.2) is 0 Å². The molecule has 0 aliphatic heterocycles. The standard InChI is InChI=1S/C12H13BrN2O2/c1-4-8-5-9(13)6-15-11(8)10(7(2)14-15)12(16)17-3/h5-6H,4H2,1-3H3. The van der Waals surface area contributed by atoms with E-state index in [2.05, 4.69) is 21.0 Å². The third-order valence-corrected chi connectivity index (χ3v) is 3.15. The number of nitrogens with zero attached hydrogens (tertiary/aromatic N) is 2. The van der Waals surface area contributed by atoms with Crippen LogP contribution in [0.4, 0.5) is 0 Å². The van der Waals surface area contributed by atoms with Gasteiger partial charge in [-0.05, 0) is 40.9 Å². The molecule has 0 amide bonds. The van der Waals surface area contributed by atoms with Crippen LogP contribution in [0.25, 0.3) is 5.52 Å². The van der Waals surface area contributed by atoms with Gasteiger partial charge in [0, 0.05) is 10.7 Å². The quantitative estimate of drug-likeness (QED) is 0.801. The minimum absolute atomic E-state index is 0.338. The van der Waals surface area contributed by atoms with Crippen LogP contribution in [0.2, 0.25) is 0 Å². The van der Waals surface area contributed by atoms with Crippen LogP contribution in [0, 0.1) is 6.92 Å². The second-order valence-corrected chi connectivity index (χ2v) is 4.70. The van der Waals surface area contributed by atoms with Gasteiger partial charge in [0.1, 0.15) is 5.56 Å². The summed E-state index contributed by atoms with van der Waals surface area (Å²) < 4.78 is 7.48. The maximum atomic E-state index is 11.8. The fourth-order valence-corrected chi connectivity index (χ4v) is 2.42. The normalized spacial score (nSPS) is 10.8. The number of pyridine rings is 1. The summed E-state index contributed by atoms with van der Waals surface area (Å²) in [6, 6.07) is 2.00. The summed E-state index contributed by atoms with van der Waals surface area (Å²) in [7, 11) is 1.38. The number of carbonyl (C=O) groups excluding carboxylic acids is 1. The van der Waals surface area contributed by atoms with Gasteiger partial charge in [0.2, 0.25) is 0 Å². The first-order valence-corrected chi connectivity index (χ1v) is 6.13. The molecule has 0 fully saturated rings. The summed E-state index contributed by atoms with van der Waals surface area (Å²) in [6.45, 7) is 3.86. The van der Waals surface area contributed by atoms with Crippen molar-refractivity contribution in [3.8, 4) is 0 Å². The van der Waals surface area contributed by atoms with Crippen LogP contribution in [-0.2, 0) is 11.2 Å². The fourth-order valence-electron chi connectivity index (χ4n) is 1.95. The summed E-state index contributed by atoms with van der Waals surface area (Å²) in [5.74, 6) is -0.338. The lowest BCUT2D eigenvalue weighted by atomic mass is 10.1. The van der Waals surface area contributed by atoms with Crippen molar-refractivity contribution in [1.82, 2.24) is 9.61 Å². The summed E-state index contributed by atoms with van der Waals surface area (Å²) in [5.41, 5.74) is 3.14. The number of carbonyl (C=O) groups is 1. The number of methoxy groups -OCH3 is 1. The Morgan fingerprint density at radius 1 is 1.59 bits per heavy atom. The van der Waals surface area contributed by atoms with E-state index in [1.807, 2.05) is 26.1 Å². The highest BCUT2D eigenvalue weighted by Crippen LogP contribution is 2.24. The van der Waals surface area contributed by atoms with Crippen LogP contribution in [0.15, 0.2) is 16.7 Å². The van der Waals surface area contributed by atoms with Crippen LogP contribution < -0.4 is 0 Å². The molecule has 17 heavy (non-hydrogen) atoms. The Hall–Kier alpha value is -1.36. The average molecular weight is 297 g/mol. The molecule has 2 heterocycles. The maximum Gasteiger partial charge on any atom is 0.342 e. The average Bonchev–Trinajstić information content (AvgIpc) is 2.62. The van der Waals surface area contributed by atoms with Gasteiger partial charge in [0.05, 0.1) is 18.3 Å². The molecule has 0 saturated carbocycles. The smallest absolute Gasteiger partial charge is 0.342 e. The molecule has 90 valence electrons. The highest BCUT2D eigenvalue weighted by molar-refractivity contribution is 9.10. The monoisotopic (exact) mass is 296 g/mol. The van der Waals surface area contributed by atoms with Gasteiger partial charge in [0.25, 0.3) is 0 Å². The zero-order valence-electron chi connectivity index (χ0n) is 9.95. The van der Waals surface area contributed by atoms with E-state index in [9.17, 15) is 4.79 Å². The van der Waals surface area contributed by atoms with Crippen LogP contribution in [0.3, 0.4) is 0 Å². The molecular formula is C12H13BrN2O2. The second kappa shape index (κ2) is 4.49. The lowest BCUT2D eigenvalue weighted by Crippen LogP contribution is -2.04. The predicted molar refractivity (Wildman–Crippen MR) is 68.3 cm³/mol. The zero-order valence-corrected chi connectivity index (χ0v) is 11.5.